The van der Waals surface area contributed by atoms with Crippen LogP contribution in [0, 0.1) is 0 Å². The molecule has 0 spiro atoms. The summed E-state index contributed by atoms with van der Waals surface area (Å²) in [6, 6.07) is 19.3. The number of nitrogens with zero attached hydrogens (tertiary/aromatic N) is 2. The van der Waals surface area contributed by atoms with Gasteiger partial charge in [0.05, 0.1) is 19.2 Å². The van der Waals surface area contributed by atoms with Gasteiger partial charge in [0.25, 0.3) is 5.89 Å². The average Bonchev–Trinajstić information content (AvgIpc) is 3.06. The third-order valence-electron chi connectivity index (χ3n) is 3.38. The van der Waals surface area contributed by atoms with Gasteiger partial charge in [-0.15, -0.1) is 0 Å². The van der Waals surface area contributed by atoms with E-state index >= 15 is 0 Å². The Kier molecular flexibility index (Phi) is 4.58. The zero-order valence-electron chi connectivity index (χ0n) is 12.0. The number of aliphatic hydroxyl groups excluding tert-OH is 1. The first-order valence-corrected chi connectivity index (χ1v) is 7.14. The summed E-state index contributed by atoms with van der Waals surface area (Å²) >= 11 is 0. The molecule has 0 fully saturated rings. The highest BCUT2D eigenvalue weighted by atomic mass is 16.5. The Morgan fingerprint density at radius 1 is 1.00 bits per heavy atom. The predicted molar refractivity (Wildman–Crippen MR) is 82.8 cm³/mol. The van der Waals surface area contributed by atoms with Crippen molar-refractivity contribution in [3.63, 3.8) is 0 Å². The maximum atomic E-state index is 9.51. The highest BCUT2D eigenvalue weighted by molar-refractivity contribution is 5.51. The molecule has 0 aliphatic rings. The molecule has 1 atom stereocenters. The van der Waals surface area contributed by atoms with Crippen LogP contribution >= 0.6 is 0 Å². The van der Waals surface area contributed by atoms with Gasteiger partial charge in [0.15, 0.2) is 5.82 Å². The topological polar surface area (TPSA) is 71.2 Å². The molecular weight excluding hydrogens is 278 g/mol. The van der Waals surface area contributed by atoms with Gasteiger partial charge in [-0.1, -0.05) is 53.7 Å². The number of nitrogens with one attached hydrogen (secondary N) is 1. The molecule has 3 aromatic rings. The first-order chi connectivity index (χ1) is 10.9. The van der Waals surface area contributed by atoms with E-state index in [1.54, 1.807) is 0 Å². The van der Waals surface area contributed by atoms with Gasteiger partial charge in [0.2, 0.25) is 0 Å². The van der Waals surface area contributed by atoms with Gasteiger partial charge < -0.3 is 14.9 Å². The van der Waals surface area contributed by atoms with Crippen LogP contribution < -0.4 is 5.32 Å². The molecule has 1 heterocycles. The second-order valence-electron chi connectivity index (χ2n) is 4.91. The molecule has 0 aliphatic carbocycles. The van der Waals surface area contributed by atoms with Crippen molar-refractivity contribution >= 4 is 0 Å². The van der Waals surface area contributed by atoms with Gasteiger partial charge in [-0.25, -0.2) is 0 Å². The van der Waals surface area contributed by atoms with Crippen molar-refractivity contribution in [1.29, 1.82) is 0 Å². The smallest absolute Gasteiger partial charge is 0.257 e. The summed E-state index contributed by atoms with van der Waals surface area (Å²) in [6.07, 6.45) is 0. The van der Waals surface area contributed by atoms with Crippen molar-refractivity contribution in [1.82, 2.24) is 15.5 Å². The number of aromatic nitrogens is 2. The predicted octanol–water partition coefficient (Wildman–Crippen LogP) is 2.56. The Morgan fingerprint density at radius 2 is 1.68 bits per heavy atom. The summed E-state index contributed by atoms with van der Waals surface area (Å²) in [7, 11) is 0. The summed E-state index contributed by atoms with van der Waals surface area (Å²) in [5.74, 6) is 1.06. The number of aliphatic hydroxyl groups is 1. The van der Waals surface area contributed by atoms with Crippen LogP contribution in [0.25, 0.3) is 11.5 Å². The SMILES string of the molecule is OC[C@H](NCc1noc(-c2ccccc2)n1)c1ccccc1. The lowest BCUT2D eigenvalue weighted by Gasteiger charge is -2.15. The first-order valence-electron chi connectivity index (χ1n) is 7.14. The van der Waals surface area contributed by atoms with Crippen molar-refractivity contribution in [3.05, 3.63) is 72.1 Å². The highest BCUT2D eigenvalue weighted by Gasteiger charge is 2.12. The number of hydrogen-bond donors (Lipinski definition) is 2. The Bertz CT molecular complexity index is 698. The van der Waals surface area contributed by atoms with Gasteiger partial charge >= 0.3 is 0 Å². The summed E-state index contributed by atoms with van der Waals surface area (Å²) in [4.78, 5) is 4.36. The maximum Gasteiger partial charge on any atom is 0.257 e. The zero-order valence-corrected chi connectivity index (χ0v) is 12.0. The van der Waals surface area contributed by atoms with E-state index in [1.165, 1.54) is 0 Å². The van der Waals surface area contributed by atoms with Crippen molar-refractivity contribution in [2.75, 3.05) is 6.61 Å². The highest BCUT2D eigenvalue weighted by Crippen LogP contribution is 2.17. The van der Waals surface area contributed by atoms with Crippen LogP contribution in [0.3, 0.4) is 0 Å². The van der Waals surface area contributed by atoms with Crippen LogP contribution in [-0.2, 0) is 6.54 Å². The van der Waals surface area contributed by atoms with Gasteiger partial charge in [-0.05, 0) is 17.7 Å². The molecule has 5 nitrogen and oxygen atoms in total. The lowest BCUT2D eigenvalue weighted by atomic mass is 10.1. The lowest BCUT2D eigenvalue weighted by molar-refractivity contribution is 0.242. The van der Waals surface area contributed by atoms with Crippen LogP contribution in [0.2, 0.25) is 0 Å². The van der Waals surface area contributed by atoms with Gasteiger partial charge in [0, 0.05) is 5.56 Å². The third kappa shape index (κ3) is 3.39. The fourth-order valence-electron chi connectivity index (χ4n) is 2.21. The molecule has 0 amide bonds. The minimum atomic E-state index is -0.153. The van der Waals surface area contributed by atoms with Crippen LogP contribution in [-0.4, -0.2) is 21.9 Å². The Morgan fingerprint density at radius 3 is 2.36 bits per heavy atom. The summed E-state index contributed by atoms with van der Waals surface area (Å²) in [5.41, 5.74) is 1.92. The van der Waals surface area contributed by atoms with E-state index in [0.717, 1.165) is 11.1 Å². The average molecular weight is 295 g/mol. The molecule has 3 rings (SSSR count). The van der Waals surface area contributed by atoms with Crippen molar-refractivity contribution in [3.8, 4) is 11.5 Å². The molecule has 112 valence electrons. The summed E-state index contributed by atoms with van der Waals surface area (Å²) < 4.78 is 5.26. The molecule has 0 bridgehead atoms. The fraction of sp³-hybridized carbons (Fsp3) is 0.176. The Labute approximate surface area is 128 Å². The largest absolute Gasteiger partial charge is 0.394 e. The minimum Gasteiger partial charge on any atom is -0.394 e. The molecule has 0 saturated carbocycles. The van der Waals surface area contributed by atoms with E-state index in [2.05, 4.69) is 15.5 Å². The third-order valence-corrected chi connectivity index (χ3v) is 3.38. The zero-order chi connectivity index (χ0) is 15.2. The number of rotatable bonds is 6. The van der Waals surface area contributed by atoms with Crippen molar-refractivity contribution < 1.29 is 9.63 Å². The molecule has 5 heteroatoms. The van der Waals surface area contributed by atoms with E-state index in [1.807, 2.05) is 60.7 Å². The Balaban J connectivity index is 1.65. The molecule has 1 aromatic heterocycles. The standard InChI is InChI=1S/C17H17N3O2/c21-12-15(13-7-3-1-4-8-13)18-11-16-19-17(22-20-16)14-9-5-2-6-10-14/h1-10,15,18,21H,11-12H2/t15-/m0/s1. The quantitative estimate of drug-likeness (QED) is 0.731. The molecule has 0 aliphatic heterocycles. The molecular formula is C17H17N3O2. The van der Waals surface area contributed by atoms with Crippen LogP contribution in [0.1, 0.15) is 17.4 Å². The molecule has 0 saturated heterocycles. The lowest BCUT2D eigenvalue weighted by Crippen LogP contribution is -2.24. The van der Waals surface area contributed by atoms with E-state index in [0.29, 0.717) is 18.3 Å². The summed E-state index contributed by atoms with van der Waals surface area (Å²) in [5, 5.41) is 16.7. The van der Waals surface area contributed by atoms with Crippen molar-refractivity contribution in [2.45, 2.75) is 12.6 Å². The van der Waals surface area contributed by atoms with Gasteiger partial charge in [0.1, 0.15) is 0 Å². The molecule has 0 unspecified atom stereocenters. The fourth-order valence-corrected chi connectivity index (χ4v) is 2.21. The normalized spacial score (nSPS) is 12.2. The van der Waals surface area contributed by atoms with Crippen LogP contribution in [0.5, 0.6) is 0 Å². The number of benzene rings is 2. The number of hydrogen-bond acceptors (Lipinski definition) is 5. The van der Waals surface area contributed by atoms with Crippen molar-refractivity contribution in [2.24, 2.45) is 0 Å². The van der Waals surface area contributed by atoms with E-state index < -0.39 is 0 Å². The van der Waals surface area contributed by atoms with Gasteiger partial charge in [-0.3, -0.25) is 0 Å². The maximum absolute atomic E-state index is 9.51. The minimum absolute atomic E-state index is 0.00735. The molecule has 2 aromatic carbocycles. The second kappa shape index (κ2) is 6.98. The monoisotopic (exact) mass is 295 g/mol. The van der Waals surface area contributed by atoms with E-state index in [4.69, 9.17) is 4.52 Å². The Hall–Kier alpha value is -2.50. The van der Waals surface area contributed by atoms with E-state index in [-0.39, 0.29) is 12.6 Å². The van der Waals surface area contributed by atoms with Crippen LogP contribution in [0.4, 0.5) is 0 Å². The second-order valence-corrected chi connectivity index (χ2v) is 4.91. The van der Waals surface area contributed by atoms with Gasteiger partial charge in [-0.2, -0.15) is 4.98 Å². The molecule has 22 heavy (non-hydrogen) atoms. The first kappa shape index (κ1) is 14.4. The summed E-state index contributed by atoms with van der Waals surface area (Å²) in [6.45, 7) is 0.434. The van der Waals surface area contributed by atoms with E-state index in [9.17, 15) is 5.11 Å². The van der Waals surface area contributed by atoms with Crippen LogP contribution in [0.15, 0.2) is 65.2 Å². The molecule has 2 N–H and O–H groups in total. The molecule has 0 radical (unpaired) electrons.